The minimum atomic E-state index is 0.215. The van der Waals surface area contributed by atoms with E-state index < -0.39 is 0 Å². The van der Waals surface area contributed by atoms with E-state index in [0.717, 1.165) is 22.0 Å². The van der Waals surface area contributed by atoms with E-state index in [1.807, 2.05) is 36.4 Å². The van der Waals surface area contributed by atoms with Crippen molar-refractivity contribution in [2.24, 2.45) is 0 Å². The van der Waals surface area contributed by atoms with Gasteiger partial charge in [-0.1, -0.05) is 36.4 Å². The molecule has 0 N–H and O–H groups in total. The Balaban J connectivity index is 2.28. The Hall–Kier alpha value is -1.67. The number of hydrogen-bond acceptors (Lipinski definition) is 1. The van der Waals surface area contributed by atoms with Crippen LogP contribution >= 0.6 is 0 Å². The molecule has 2 rings (SSSR count). The second-order valence-electron chi connectivity index (χ2n) is 5.40. The van der Waals surface area contributed by atoms with Crippen LogP contribution in [-0.4, -0.2) is 37.5 Å². The van der Waals surface area contributed by atoms with Gasteiger partial charge in [-0.05, 0) is 23.8 Å². The Morgan fingerprint density at radius 2 is 1.72 bits per heavy atom. The molecule has 94 valence electrons. The molecule has 0 aliphatic carbocycles. The van der Waals surface area contributed by atoms with Crippen LogP contribution < -0.4 is 0 Å². The molecule has 18 heavy (non-hydrogen) atoms. The van der Waals surface area contributed by atoms with Crippen LogP contribution in [0.5, 0.6) is 0 Å². The molecule has 0 atom stereocenters. The maximum absolute atomic E-state index is 12.2. The van der Waals surface area contributed by atoms with E-state index in [9.17, 15) is 4.79 Å². The molecule has 0 aliphatic rings. The lowest BCUT2D eigenvalue weighted by atomic mass is 10.0. The van der Waals surface area contributed by atoms with Crippen LogP contribution in [0.25, 0.3) is 10.8 Å². The Labute approximate surface area is 108 Å². The van der Waals surface area contributed by atoms with Crippen molar-refractivity contribution in [3.63, 3.8) is 0 Å². The highest BCUT2D eigenvalue weighted by Gasteiger charge is 2.19. The largest absolute Gasteiger partial charge is 0.322 e. The van der Waals surface area contributed by atoms with Crippen molar-refractivity contribution in [3.8, 4) is 0 Å². The van der Waals surface area contributed by atoms with Gasteiger partial charge in [0.25, 0.3) is 0 Å². The van der Waals surface area contributed by atoms with E-state index >= 15 is 0 Å². The standard InChI is InChI=1S/C16H20NO/c1-4-17(2,3)12-16(18)15-10-9-13-7-5-6-8-14(13)11-15/h5-11H,4,12H2,1-3H3/q+1. The van der Waals surface area contributed by atoms with Gasteiger partial charge in [0.15, 0.2) is 0 Å². The van der Waals surface area contributed by atoms with Crippen molar-refractivity contribution in [1.82, 2.24) is 0 Å². The van der Waals surface area contributed by atoms with E-state index in [1.54, 1.807) is 0 Å². The van der Waals surface area contributed by atoms with Crippen molar-refractivity contribution in [2.45, 2.75) is 6.92 Å². The first-order chi connectivity index (χ1) is 8.52. The van der Waals surface area contributed by atoms with Crippen LogP contribution in [0.15, 0.2) is 42.5 Å². The highest BCUT2D eigenvalue weighted by molar-refractivity contribution is 6.00. The fourth-order valence-electron chi connectivity index (χ4n) is 1.95. The van der Waals surface area contributed by atoms with Gasteiger partial charge in [0.05, 0.1) is 20.6 Å². The summed E-state index contributed by atoms with van der Waals surface area (Å²) in [4.78, 5) is 12.2. The molecule has 2 heteroatoms. The number of ketones is 1. The van der Waals surface area contributed by atoms with E-state index in [2.05, 4.69) is 27.1 Å². The topological polar surface area (TPSA) is 17.1 Å². The van der Waals surface area contributed by atoms with Crippen molar-refractivity contribution in [1.29, 1.82) is 0 Å². The maximum atomic E-state index is 12.2. The molecule has 0 unspecified atom stereocenters. The summed E-state index contributed by atoms with van der Waals surface area (Å²) in [5.41, 5.74) is 0.813. The summed E-state index contributed by atoms with van der Waals surface area (Å²) >= 11 is 0. The first-order valence-electron chi connectivity index (χ1n) is 6.36. The average Bonchev–Trinajstić information content (AvgIpc) is 2.37. The first kappa shape index (κ1) is 12.8. The predicted molar refractivity (Wildman–Crippen MR) is 75.8 cm³/mol. The van der Waals surface area contributed by atoms with Gasteiger partial charge in [0, 0.05) is 5.56 Å². The Morgan fingerprint density at radius 1 is 1.06 bits per heavy atom. The third kappa shape index (κ3) is 2.77. The van der Waals surface area contributed by atoms with Gasteiger partial charge in [0.2, 0.25) is 5.78 Å². The first-order valence-corrected chi connectivity index (χ1v) is 6.36. The van der Waals surface area contributed by atoms with Crippen LogP contribution in [0.1, 0.15) is 17.3 Å². The lowest BCUT2D eigenvalue weighted by molar-refractivity contribution is -0.880. The number of carbonyl (C=O) groups is 1. The second-order valence-corrected chi connectivity index (χ2v) is 5.40. The van der Waals surface area contributed by atoms with E-state index in [-0.39, 0.29) is 5.78 Å². The molecule has 0 spiro atoms. The van der Waals surface area contributed by atoms with Crippen molar-refractivity contribution >= 4 is 16.6 Å². The lowest BCUT2D eigenvalue weighted by Crippen LogP contribution is -2.43. The van der Waals surface area contributed by atoms with Crippen LogP contribution in [0, 0.1) is 0 Å². The van der Waals surface area contributed by atoms with Gasteiger partial charge in [0.1, 0.15) is 6.54 Å². The van der Waals surface area contributed by atoms with Gasteiger partial charge in [-0.15, -0.1) is 0 Å². The molecule has 0 heterocycles. The number of hydrogen-bond donors (Lipinski definition) is 0. The zero-order valence-electron chi connectivity index (χ0n) is 11.3. The second kappa shape index (κ2) is 4.91. The zero-order valence-corrected chi connectivity index (χ0v) is 11.3. The van der Waals surface area contributed by atoms with Crippen molar-refractivity contribution < 1.29 is 9.28 Å². The Morgan fingerprint density at radius 3 is 2.39 bits per heavy atom. The van der Waals surface area contributed by atoms with Gasteiger partial charge in [-0.25, -0.2) is 0 Å². The van der Waals surface area contributed by atoms with Crippen molar-refractivity contribution in [2.75, 3.05) is 27.2 Å². The van der Waals surface area contributed by atoms with Gasteiger partial charge in [-0.2, -0.15) is 0 Å². The molecule has 0 fully saturated rings. The minimum Gasteiger partial charge on any atom is -0.322 e. The Kier molecular flexibility index (Phi) is 3.48. The summed E-state index contributed by atoms with van der Waals surface area (Å²) in [6.07, 6.45) is 0. The van der Waals surface area contributed by atoms with E-state index in [4.69, 9.17) is 0 Å². The molecule has 0 saturated heterocycles. The fraction of sp³-hybridized carbons (Fsp3) is 0.312. The molecule has 0 amide bonds. The molecule has 0 aliphatic heterocycles. The monoisotopic (exact) mass is 242 g/mol. The summed E-state index contributed by atoms with van der Waals surface area (Å²) in [7, 11) is 4.16. The predicted octanol–water partition coefficient (Wildman–Crippen LogP) is 3.12. The number of Topliss-reactive ketones (excluding diaryl/α,β-unsaturated/α-hetero) is 1. The molecule has 0 radical (unpaired) electrons. The molecule has 0 saturated carbocycles. The quantitative estimate of drug-likeness (QED) is 0.594. The molecule has 2 nitrogen and oxygen atoms in total. The molecule has 0 aromatic heterocycles. The highest BCUT2D eigenvalue weighted by Crippen LogP contribution is 2.16. The number of likely N-dealkylation sites (N-methyl/N-ethyl adjacent to an activating group) is 1. The molecule has 2 aromatic rings. The summed E-state index contributed by atoms with van der Waals surface area (Å²) < 4.78 is 0.728. The maximum Gasteiger partial charge on any atom is 0.216 e. The number of rotatable bonds is 4. The minimum absolute atomic E-state index is 0.215. The fourth-order valence-corrected chi connectivity index (χ4v) is 1.95. The Bertz CT molecular complexity index is 572. The van der Waals surface area contributed by atoms with E-state index in [0.29, 0.717) is 6.54 Å². The van der Waals surface area contributed by atoms with Crippen LogP contribution in [0.3, 0.4) is 0 Å². The summed E-state index contributed by atoms with van der Waals surface area (Å²) in [6, 6.07) is 14.1. The van der Waals surface area contributed by atoms with Crippen LogP contribution in [-0.2, 0) is 0 Å². The number of nitrogens with zero attached hydrogens (tertiary/aromatic N) is 1. The molecule has 0 bridgehead atoms. The summed E-state index contributed by atoms with van der Waals surface area (Å²) in [5.74, 6) is 0.215. The number of quaternary nitrogens is 1. The number of benzene rings is 2. The molecular weight excluding hydrogens is 222 g/mol. The summed E-state index contributed by atoms with van der Waals surface area (Å²) in [5, 5.41) is 2.31. The average molecular weight is 242 g/mol. The van der Waals surface area contributed by atoms with Crippen molar-refractivity contribution in [3.05, 3.63) is 48.0 Å². The van der Waals surface area contributed by atoms with E-state index in [1.165, 1.54) is 5.39 Å². The third-order valence-corrected chi connectivity index (χ3v) is 3.50. The smallest absolute Gasteiger partial charge is 0.216 e. The SMILES string of the molecule is CC[N+](C)(C)CC(=O)c1ccc2ccccc2c1. The van der Waals surface area contributed by atoms with Crippen LogP contribution in [0.2, 0.25) is 0 Å². The highest BCUT2D eigenvalue weighted by atomic mass is 16.1. The van der Waals surface area contributed by atoms with Gasteiger partial charge in [-0.3, -0.25) is 4.79 Å². The van der Waals surface area contributed by atoms with Gasteiger partial charge < -0.3 is 4.48 Å². The molecule has 2 aromatic carbocycles. The zero-order chi connectivity index (χ0) is 13.2. The molecular formula is C16H20NO+. The van der Waals surface area contributed by atoms with Gasteiger partial charge >= 0.3 is 0 Å². The van der Waals surface area contributed by atoms with Crippen LogP contribution in [0.4, 0.5) is 0 Å². The number of carbonyl (C=O) groups excluding carboxylic acids is 1. The summed E-state index contributed by atoms with van der Waals surface area (Å²) in [6.45, 7) is 3.61. The third-order valence-electron chi connectivity index (χ3n) is 3.50. The normalized spacial score (nSPS) is 11.7. The number of fused-ring (bicyclic) bond motifs is 1. The lowest BCUT2D eigenvalue weighted by Gasteiger charge is -2.27.